The lowest BCUT2D eigenvalue weighted by Gasteiger charge is -2.00. The van der Waals surface area contributed by atoms with Gasteiger partial charge in [-0.15, -0.1) is 11.8 Å². The minimum atomic E-state index is -0.383. The van der Waals surface area contributed by atoms with Crippen LogP contribution in [-0.2, 0) is 0 Å². The quantitative estimate of drug-likeness (QED) is 0.476. The molecule has 0 saturated heterocycles. The predicted molar refractivity (Wildman–Crippen MR) is 57.2 cm³/mol. The molecule has 13 heavy (non-hydrogen) atoms. The molecule has 1 rings (SSSR count). The van der Waals surface area contributed by atoms with Crippen molar-refractivity contribution >= 4 is 33.4 Å². The Labute approximate surface area is 88.8 Å². The van der Waals surface area contributed by atoms with E-state index in [1.165, 1.54) is 6.07 Å². The van der Waals surface area contributed by atoms with Crippen LogP contribution in [0.25, 0.3) is 0 Å². The lowest BCUT2D eigenvalue weighted by Crippen LogP contribution is -1.88. The molecule has 0 amide bonds. The van der Waals surface area contributed by atoms with Crippen LogP contribution >= 0.6 is 27.7 Å². The lowest BCUT2D eigenvalue weighted by atomic mass is 10.3. The number of nitrogens with zero attached hydrogens (tertiary/aromatic N) is 1. The average Bonchev–Trinajstić information content (AvgIpc) is 2.08. The van der Waals surface area contributed by atoms with Crippen LogP contribution in [0, 0.1) is 10.1 Å². The summed E-state index contributed by atoms with van der Waals surface area (Å²) >= 11 is 4.92. The molecular formula is C8H8BrNO2S. The third kappa shape index (κ3) is 2.70. The van der Waals surface area contributed by atoms with Crippen molar-refractivity contribution in [2.24, 2.45) is 0 Å². The number of hydrogen-bond donors (Lipinski definition) is 0. The van der Waals surface area contributed by atoms with Crippen LogP contribution in [0.4, 0.5) is 5.69 Å². The molecule has 1 aromatic rings. The van der Waals surface area contributed by atoms with E-state index in [0.717, 1.165) is 15.1 Å². The van der Waals surface area contributed by atoms with Gasteiger partial charge >= 0.3 is 0 Å². The first-order chi connectivity index (χ1) is 6.15. The molecule has 70 valence electrons. The van der Waals surface area contributed by atoms with E-state index in [2.05, 4.69) is 15.9 Å². The van der Waals surface area contributed by atoms with Gasteiger partial charge in [0.05, 0.1) is 4.92 Å². The van der Waals surface area contributed by atoms with Crippen molar-refractivity contribution in [2.45, 2.75) is 11.8 Å². The number of nitro groups is 1. The minimum Gasteiger partial charge on any atom is -0.258 e. The molecule has 0 aliphatic carbocycles. The van der Waals surface area contributed by atoms with Crippen LogP contribution in [0.5, 0.6) is 0 Å². The number of non-ortho nitro benzene ring substituents is 1. The molecule has 0 bridgehead atoms. The first-order valence-electron chi connectivity index (χ1n) is 3.72. The summed E-state index contributed by atoms with van der Waals surface area (Å²) in [5.41, 5.74) is 0.138. The van der Waals surface area contributed by atoms with E-state index in [1.54, 1.807) is 23.9 Å². The van der Waals surface area contributed by atoms with Gasteiger partial charge in [0.2, 0.25) is 0 Å². The number of benzene rings is 1. The Kier molecular flexibility index (Phi) is 3.74. The van der Waals surface area contributed by atoms with E-state index in [0.29, 0.717) is 0 Å². The maximum atomic E-state index is 10.4. The van der Waals surface area contributed by atoms with Gasteiger partial charge in [-0.3, -0.25) is 10.1 Å². The average molecular weight is 262 g/mol. The molecule has 0 N–H and O–H groups in total. The highest BCUT2D eigenvalue weighted by Gasteiger charge is 2.08. The SMILES string of the molecule is CCSc1cc([N+](=O)[O-])ccc1Br. The van der Waals surface area contributed by atoms with Crippen molar-refractivity contribution in [3.8, 4) is 0 Å². The zero-order valence-corrected chi connectivity index (χ0v) is 9.39. The van der Waals surface area contributed by atoms with Crippen molar-refractivity contribution in [3.05, 3.63) is 32.8 Å². The van der Waals surface area contributed by atoms with Crippen LogP contribution < -0.4 is 0 Å². The summed E-state index contributed by atoms with van der Waals surface area (Å²) < 4.78 is 0.907. The van der Waals surface area contributed by atoms with Crippen molar-refractivity contribution in [2.75, 3.05) is 5.75 Å². The van der Waals surface area contributed by atoms with Gasteiger partial charge in [-0.1, -0.05) is 6.92 Å². The smallest absolute Gasteiger partial charge is 0.258 e. The largest absolute Gasteiger partial charge is 0.270 e. The molecule has 0 aliphatic rings. The van der Waals surface area contributed by atoms with Crippen LogP contribution in [0.2, 0.25) is 0 Å². The monoisotopic (exact) mass is 261 g/mol. The standard InChI is InChI=1S/C8H8BrNO2S/c1-2-13-8-5-6(10(11)12)3-4-7(8)9/h3-5H,2H2,1H3. The fraction of sp³-hybridized carbons (Fsp3) is 0.250. The molecule has 0 fully saturated rings. The maximum Gasteiger partial charge on any atom is 0.270 e. The maximum absolute atomic E-state index is 10.4. The summed E-state index contributed by atoms with van der Waals surface area (Å²) in [6.45, 7) is 2.01. The molecule has 0 radical (unpaired) electrons. The van der Waals surface area contributed by atoms with Gasteiger partial charge in [-0.25, -0.2) is 0 Å². The summed E-state index contributed by atoms with van der Waals surface area (Å²) in [5, 5.41) is 10.4. The number of halogens is 1. The third-order valence-electron chi connectivity index (χ3n) is 1.43. The second-order valence-electron chi connectivity index (χ2n) is 2.30. The summed E-state index contributed by atoms with van der Waals surface area (Å²) in [5.74, 6) is 0.903. The van der Waals surface area contributed by atoms with Gasteiger partial charge in [0.15, 0.2) is 0 Å². The minimum absolute atomic E-state index is 0.138. The van der Waals surface area contributed by atoms with Crippen LogP contribution in [-0.4, -0.2) is 10.7 Å². The summed E-state index contributed by atoms with van der Waals surface area (Å²) in [4.78, 5) is 11.0. The summed E-state index contributed by atoms with van der Waals surface area (Å²) in [6.07, 6.45) is 0. The van der Waals surface area contributed by atoms with Gasteiger partial charge in [0, 0.05) is 21.5 Å². The van der Waals surface area contributed by atoms with Crippen LogP contribution in [0.15, 0.2) is 27.6 Å². The molecule has 0 aromatic heterocycles. The third-order valence-corrected chi connectivity index (χ3v) is 3.32. The fourth-order valence-electron chi connectivity index (χ4n) is 0.872. The molecule has 0 heterocycles. The molecule has 0 spiro atoms. The van der Waals surface area contributed by atoms with E-state index in [4.69, 9.17) is 0 Å². The summed E-state index contributed by atoms with van der Waals surface area (Å²) in [6, 6.07) is 4.78. The van der Waals surface area contributed by atoms with E-state index in [9.17, 15) is 10.1 Å². The lowest BCUT2D eigenvalue weighted by molar-refractivity contribution is -0.385. The van der Waals surface area contributed by atoms with Crippen LogP contribution in [0.3, 0.4) is 0 Å². The molecule has 0 unspecified atom stereocenters. The number of hydrogen-bond acceptors (Lipinski definition) is 3. The van der Waals surface area contributed by atoms with E-state index in [-0.39, 0.29) is 10.6 Å². The first-order valence-corrected chi connectivity index (χ1v) is 5.49. The molecule has 0 atom stereocenters. The number of nitro benzene ring substituents is 1. The second-order valence-corrected chi connectivity index (χ2v) is 4.47. The molecule has 0 aliphatic heterocycles. The zero-order valence-electron chi connectivity index (χ0n) is 6.99. The molecule has 0 saturated carbocycles. The van der Waals surface area contributed by atoms with E-state index < -0.39 is 0 Å². The van der Waals surface area contributed by atoms with E-state index in [1.807, 2.05) is 6.92 Å². The number of rotatable bonds is 3. The van der Waals surface area contributed by atoms with Gasteiger partial charge in [-0.2, -0.15) is 0 Å². The highest BCUT2D eigenvalue weighted by atomic mass is 79.9. The predicted octanol–water partition coefficient (Wildman–Crippen LogP) is 3.47. The Morgan fingerprint density at radius 1 is 1.62 bits per heavy atom. The Morgan fingerprint density at radius 2 is 2.31 bits per heavy atom. The van der Waals surface area contributed by atoms with Gasteiger partial charge in [-0.05, 0) is 27.7 Å². The highest BCUT2D eigenvalue weighted by Crippen LogP contribution is 2.30. The Hall–Kier alpha value is -0.550. The van der Waals surface area contributed by atoms with Gasteiger partial charge in [0.25, 0.3) is 5.69 Å². The Morgan fingerprint density at radius 3 is 2.85 bits per heavy atom. The molecule has 1 aromatic carbocycles. The van der Waals surface area contributed by atoms with Gasteiger partial charge < -0.3 is 0 Å². The van der Waals surface area contributed by atoms with Crippen molar-refractivity contribution < 1.29 is 4.92 Å². The topological polar surface area (TPSA) is 43.1 Å². The first kappa shape index (κ1) is 10.5. The van der Waals surface area contributed by atoms with Crippen molar-refractivity contribution in [1.82, 2.24) is 0 Å². The van der Waals surface area contributed by atoms with Crippen molar-refractivity contribution in [1.29, 1.82) is 0 Å². The Balaban J connectivity index is 3.03. The molecular weight excluding hydrogens is 254 g/mol. The van der Waals surface area contributed by atoms with Crippen LogP contribution in [0.1, 0.15) is 6.92 Å². The normalized spacial score (nSPS) is 10.0. The second kappa shape index (κ2) is 4.62. The zero-order chi connectivity index (χ0) is 9.84. The fourth-order valence-corrected chi connectivity index (χ4v) is 2.18. The highest BCUT2D eigenvalue weighted by molar-refractivity contribution is 9.10. The number of thioether (sulfide) groups is 1. The Bertz CT molecular complexity index is 330. The molecule has 5 heteroatoms. The molecule has 3 nitrogen and oxygen atoms in total. The van der Waals surface area contributed by atoms with Crippen molar-refractivity contribution in [3.63, 3.8) is 0 Å². The van der Waals surface area contributed by atoms with E-state index >= 15 is 0 Å². The van der Waals surface area contributed by atoms with Gasteiger partial charge in [0.1, 0.15) is 0 Å². The summed E-state index contributed by atoms with van der Waals surface area (Å²) in [7, 11) is 0.